The van der Waals surface area contributed by atoms with Gasteiger partial charge in [-0.25, -0.2) is 0 Å². The summed E-state index contributed by atoms with van der Waals surface area (Å²) in [5, 5.41) is 5.20. The fourth-order valence-electron chi connectivity index (χ4n) is 10.3. The van der Waals surface area contributed by atoms with Gasteiger partial charge < -0.3 is 9.47 Å². The molecule has 2 nitrogen and oxygen atoms in total. The predicted molar refractivity (Wildman–Crippen MR) is 281 cm³/mol. The summed E-state index contributed by atoms with van der Waals surface area (Å²) < 4.78 is 2.34. The van der Waals surface area contributed by atoms with Crippen LogP contribution in [0.4, 0.5) is 17.1 Å². The maximum atomic E-state index is 3.78. The SMILES string of the molecule is C=Cc1cccc(C)c1/C=C\C.CCCC1(CCC)c2cc(C)ccc2-c2c1cc(N(c1ccccc1)c1cccc3c1c1ccccc1n3C)c1ccccc21.Cc1ccccc1. The third-order valence-corrected chi connectivity index (χ3v) is 13.1. The summed E-state index contributed by atoms with van der Waals surface area (Å²) in [6.45, 7) is 17.0. The van der Waals surface area contributed by atoms with Gasteiger partial charge in [0.15, 0.2) is 0 Å². The second-order valence-electron chi connectivity index (χ2n) is 17.4. The molecule has 0 spiro atoms. The van der Waals surface area contributed by atoms with E-state index in [-0.39, 0.29) is 5.41 Å². The highest BCUT2D eigenvalue weighted by molar-refractivity contribution is 6.17. The normalized spacial score (nSPS) is 12.4. The Balaban J connectivity index is 0.000000244. The van der Waals surface area contributed by atoms with E-state index in [1.807, 2.05) is 31.2 Å². The van der Waals surface area contributed by atoms with Crippen LogP contribution in [0.1, 0.15) is 85.4 Å². The average Bonchev–Trinajstić information content (AvgIpc) is 3.76. The number of benzene rings is 8. The summed E-state index contributed by atoms with van der Waals surface area (Å²) in [5.74, 6) is 0. The number of nitrogens with zero attached hydrogens (tertiary/aromatic N) is 2. The summed E-state index contributed by atoms with van der Waals surface area (Å²) >= 11 is 0. The van der Waals surface area contributed by atoms with Crippen molar-refractivity contribution in [3.63, 3.8) is 0 Å². The highest BCUT2D eigenvalue weighted by atomic mass is 15.1. The number of allylic oxidation sites excluding steroid dienone is 1. The summed E-state index contributed by atoms with van der Waals surface area (Å²) in [5.41, 5.74) is 18.4. The summed E-state index contributed by atoms with van der Waals surface area (Å²) in [6, 6.07) is 62.0. The number of rotatable bonds is 9. The minimum Gasteiger partial charge on any atom is -0.344 e. The van der Waals surface area contributed by atoms with Crippen molar-refractivity contribution in [3.8, 4) is 11.1 Å². The van der Waals surface area contributed by atoms with Crippen LogP contribution in [0.3, 0.4) is 0 Å². The second-order valence-corrected chi connectivity index (χ2v) is 17.4. The second kappa shape index (κ2) is 19.2. The third kappa shape index (κ3) is 8.10. The monoisotopic (exact) mass is 834 g/mol. The molecule has 0 radical (unpaired) electrons. The number of hydrogen-bond donors (Lipinski definition) is 0. The van der Waals surface area contributed by atoms with Gasteiger partial charge in [0.05, 0.1) is 16.9 Å². The van der Waals surface area contributed by atoms with Gasteiger partial charge in [0.25, 0.3) is 0 Å². The van der Waals surface area contributed by atoms with Gasteiger partial charge in [0.2, 0.25) is 0 Å². The standard InChI is InChI=1S/C43H40N2.C12H14.C7H8/c1-5-25-43(26-6-2)35-27-29(3)23-24-33(35)41-32-18-11-10-17-31(32)40(28-36(41)43)45(30-15-8-7-9-16-30)39-22-14-21-38-42(39)34-19-12-13-20-37(34)44(38)4;1-4-7-12-10(3)8-6-9-11(12)5-2;1-7-5-3-2-4-6-7/h7-24,27-28H,5-6,25-26H2,1-4H3;4-9H,2H2,1,3H3;2-6H,1H3/b;7-4-;. The van der Waals surface area contributed by atoms with Crippen LogP contribution < -0.4 is 4.90 Å². The van der Waals surface area contributed by atoms with Crippen molar-refractivity contribution in [2.75, 3.05) is 4.90 Å². The molecule has 1 heterocycles. The van der Waals surface area contributed by atoms with E-state index >= 15 is 0 Å². The van der Waals surface area contributed by atoms with Crippen LogP contribution in [0, 0.1) is 20.8 Å². The molecule has 0 saturated heterocycles. The van der Waals surface area contributed by atoms with Crippen molar-refractivity contribution >= 4 is 61.8 Å². The lowest BCUT2D eigenvalue weighted by Crippen LogP contribution is -2.25. The van der Waals surface area contributed by atoms with Gasteiger partial charge in [0, 0.05) is 39.8 Å². The molecule has 1 aliphatic carbocycles. The number of aryl methyl sites for hydroxylation is 4. The maximum Gasteiger partial charge on any atom is 0.0562 e. The van der Waals surface area contributed by atoms with E-state index in [2.05, 4.69) is 222 Å². The van der Waals surface area contributed by atoms with Gasteiger partial charge in [-0.2, -0.15) is 0 Å². The lowest BCUT2D eigenvalue weighted by Gasteiger charge is -2.34. The molecule has 9 aromatic rings. The van der Waals surface area contributed by atoms with E-state index < -0.39 is 0 Å². The number of hydrogen-bond acceptors (Lipinski definition) is 1. The Labute approximate surface area is 381 Å². The molecule has 0 atom stereocenters. The van der Waals surface area contributed by atoms with Gasteiger partial charge >= 0.3 is 0 Å². The van der Waals surface area contributed by atoms with E-state index in [0.717, 1.165) is 25.7 Å². The first-order valence-electron chi connectivity index (χ1n) is 23.1. The fraction of sp³-hybridized carbons (Fsp3) is 0.194. The van der Waals surface area contributed by atoms with Gasteiger partial charge in [0.1, 0.15) is 0 Å². The van der Waals surface area contributed by atoms with Gasteiger partial charge in [-0.15, -0.1) is 0 Å². The summed E-state index contributed by atoms with van der Waals surface area (Å²) in [7, 11) is 2.19. The van der Waals surface area contributed by atoms with Crippen molar-refractivity contribution in [3.05, 3.63) is 221 Å². The first-order chi connectivity index (χ1) is 31.3. The first kappa shape index (κ1) is 43.7. The number of anilines is 3. The molecular weight excluding hydrogens is 773 g/mol. The van der Waals surface area contributed by atoms with Crippen molar-refractivity contribution < 1.29 is 0 Å². The molecule has 0 amide bonds. The van der Waals surface area contributed by atoms with Crippen molar-refractivity contribution in [1.29, 1.82) is 0 Å². The molecule has 8 aromatic carbocycles. The Bertz CT molecular complexity index is 3090. The van der Waals surface area contributed by atoms with Crippen LogP contribution in [0.2, 0.25) is 0 Å². The highest BCUT2D eigenvalue weighted by Gasteiger charge is 2.43. The number of aromatic nitrogens is 1. The zero-order valence-corrected chi connectivity index (χ0v) is 38.8. The van der Waals surface area contributed by atoms with Crippen LogP contribution in [0.5, 0.6) is 0 Å². The molecule has 1 aliphatic rings. The van der Waals surface area contributed by atoms with E-state index in [1.165, 1.54) is 99.7 Å². The van der Waals surface area contributed by atoms with Crippen LogP contribution in [0.15, 0.2) is 183 Å². The molecule has 10 rings (SSSR count). The molecule has 0 unspecified atom stereocenters. The largest absolute Gasteiger partial charge is 0.344 e. The van der Waals surface area contributed by atoms with Crippen molar-refractivity contribution in [2.45, 2.75) is 72.6 Å². The van der Waals surface area contributed by atoms with Crippen molar-refractivity contribution in [2.24, 2.45) is 7.05 Å². The Kier molecular flexibility index (Phi) is 13.1. The summed E-state index contributed by atoms with van der Waals surface area (Å²) in [6.07, 6.45) is 10.6. The fourth-order valence-corrected chi connectivity index (χ4v) is 10.3. The van der Waals surface area contributed by atoms with Crippen molar-refractivity contribution in [1.82, 2.24) is 4.57 Å². The smallest absolute Gasteiger partial charge is 0.0562 e. The molecule has 64 heavy (non-hydrogen) atoms. The maximum absolute atomic E-state index is 3.78. The quantitative estimate of drug-likeness (QED) is 0.141. The zero-order chi connectivity index (χ0) is 44.8. The van der Waals surface area contributed by atoms with Crippen LogP contribution >= 0.6 is 0 Å². The molecule has 0 bridgehead atoms. The molecule has 320 valence electrons. The Morgan fingerprint density at radius 1 is 0.578 bits per heavy atom. The Hall–Kier alpha value is -6.90. The van der Waals surface area contributed by atoms with E-state index in [1.54, 1.807) is 0 Å². The zero-order valence-electron chi connectivity index (χ0n) is 38.8. The molecule has 0 saturated carbocycles. The predicted octanol–water partition coefficient (Wildman–Crippen LogP) is 17.8. The highest BCUT2D eigenvalue weighted by Crippen LogP contribution is 2.58. The van der Waals surface area contributed by atoms with Crippen LogP contribution in [-0.2, 0) is 12.5 Å². The molecule has 2 heteroatoms. The van der Waals surface area contributed by atoms with E-state index in [9.17, 15) is 0 Å². The lowest BCUT2D eigenvalue weighted by molar-refractivity contribution is 0.436. The molecular formula is C62H62N2. The van der Waals surface area contributed by atoms with E-state index in [0.29, 0.717) is 0 Å². The minimum absolute atomic E-state index is 0.00716. The van der Waals surface area contributed by atoms with Crippen LogP contribution in [-0.4, -0.2) is 4.57 Å². The Morgan fingerprint density at radius 2 is 1.20 bits per heavy atom. The van der Waals surface area contributed by atoms with Crippen LogP contribution in [0.25, 0.3) is 55.9 Å². The van der Waals surface area contributed by atoms with E-state index in [4.69, 9.17) is 0 Å². The lowest BCUT2D eigenvalue weighted by atomic mass is 9.71. The molecule has 0 aliphatic heterocycles. The molecule has 0 N–H and O–H groups in total. The number of para-hydroxylation sites is 2. The van der Waals surface area contributed by atoms with Gasteiger partial charge in [-0.3, -0.25) is 0 Å². The average molecular weight is 835 g/mol. The number of fused-ring (bicyclic) bond motifs is 8. The van der Waals surface area contributed by atoms with Gasteiger partial charge in [-0.1, -0.05) is 196 Å². The molecule has 0 fully saturated rings. The third-order valence-electron chi connectivity index (χ3n) is 13.1. The molecule has 1 aromatic heterocycles. The topological polar surface area (TPSA) is 8.17 Å². The Morgan fingerprint density at radius 3 is 1.86 bits per heavy atom. The first-order valence-corrected chi connectivity index (χ1v) is 23.1. The van der Waals surface area contributed by atoms with Gasteiger partial charge in [-0.05, 0) is 121 Å². The minimum atomic E-state index is -0.00716. The summed E-state index contributed by atoms with van der Waals surface area (Å²) in [4.78, 5) is 2.54.